The molecule has 0 aliphatic carbocycles. The van der Waals surface area contributed by atoms with Crippen LogP contribution in [0.4, 0.5) is 4.79 Å². The van der Waals surface area contributed by atoms with Crippen LogP contribution in [0.1, 0.15) is 10.4 Å². The minimum atomic E-state index is -3.98. The summed E-state index contributed by atoms with van der Waals surface area (Å²) in [5.74, 6) is -1.36. The van der Waals surface area contributed by atoms with Gasteiger partial charge in [0.1, 0.15) is 5.56 Å². The summed E-state index contributed by atoms with van der Waals surface area (Å²) in [4.78, 5) is 24.1. The summed E-state index contributed by atoms with van der Waals surface area (Å²) in [5, 5.41) is 16.9. The van der Waals surface area contributed by atoms with Crippen molar-refractivity contribution in [2.45, 2.75) is 11.1 Å². The smallest absolute Gasteiger partial charge is 0.340 e. The third kappa shape index (κ3) is 2.14. The molecule has 3 rings (SSSR count). The van der Waals surface area contributed by atoms with E-state index in [1.165, 1.54) is 4.31 Å². The van der Waals surface area contributed by atoms with Crippen molar-refractivity contribution in [2.24, 2.45) is 0 Å². The van der Waals surface area contributed by atoms with Crippen molar-refractivity contribution in [2.75, 3.05) is 26.2 Å². The van der Waals surface area contributed by atoms with Crippen LogP contribution in [0.25, 0.3) is 0 Å². The van der Waals surface area contributed by atoms with E-state index in [1.54, 1.807) is 4.90 Å². The van der Waals surface area contributed by atoms with E-state index in [0.717, 1.165) is 6.20 Å². The van der Waals surface area contributed by atoms with E-state index in [-0.39, 0.29) is 31.7 Å². The molecule has 0 saturated carbocycles. The highest BCUT2D eigenvalue weighted by molar-refractivity contribution is 7.89. The molecule has 2 saturated heterocycles. The number of aromatic carboxylic acids is 1. The Balaban J connectivity index is 1.88. The number of carbonyl (C=O) groups excluding carboxylic acids is 1. The normalized spacial score (nSPS) is 23.0. The highest BCUT2D eigenvalue weighted by Gasteiger charge is 2.41. The fourth-order valence-corrected chi connectivity index (χ4v) is 4.08. The predicted octanol–water partition coefficient (Wildman–Crippen LogP) is -1.49. The van der Waals surface area contributed by atoms with Crippen molar-refractivity contribution in [1.82, 2.24) is 24.7 Å². The maximum atomic E-state index is 12.5. The number of sulfonamides is 1. The zero-order valence-electron chi connectivity index (χ0n) is 10.8. The SMILES string of the molecule is O=C(O)c1cn[nH]c1S(=O)(=O)N1CCN2C(=O)NCC2C1. The minimum Gasteiger partial charge on any atom is -0.478 e. The number of amides is 2. The first-order valence-corrected chi connectivity index (χ1v) is 7.66. The summed E-state index contributed by atoms with van der Waals surface area (Å²) in [6, 6.07) is -0.443. The van der Waals surface area contributed by atoms with Gasteiger partial charge in [-0.1, -0.05) is 0 Å². The summed E-state index contributed by atoms with van der Waals surface area (Å²) >= 11 is 0. The molecule has 21 heavy (non-hydrogen) atoms. The van der Waals surface area contributed by atoms with Crippen LogP contribution < -0.4 is 5.32 Å². The van der Waals surface area contributed by atoms with Crippen LogP contribution in [-0.4, -0.2) is 77.1 Å². The largest absolute Gasteiger partial charge is 0.478 e. The highest BCUT2D eigenvalue weighted by Crippen LogP contribution is 2.22. The third-order valence-electron chi connectivity index (χ3n) is 3.63. The number of fused-ring (bicyclic) bond motifs is 1. The van der Waals surface area contributed by atoms with E-state index in [9.17, 15) is 18.0 Å². The Bertz CT molecular complexity index is 698. The summed E-state index contributed by atoms with van der Waals surface area (Å²) in [7, 11) is -3.98. The molecule has 3 heterocycles. The van der Waals surface area contributed by atoms with Crippen LogP contribution in [0.2, 0.25) is 0 Å². The first-order chi connectivity index (χ1) is 9.91. The van der Waals surface area contributed by atoms with E-state index < -0.39 is 26.6 Å². The standard InChI is InChI=1S/C10H13N5O5S/c16-9(17)7-4-12-13-8(7)21(19,20)14-1-2-15-6(5-14)3-11-10(15)18/h4,6H,1-3,5H2,(H,11,18)(H,12,13)(H,16,17). The number of carbonyl (C=O) groups is 2. The molecule has 10 nitrogen and oxygen atoms in total. The molecule has 0 bridgehead atoms. The molecule has 1 aromatic rings. The Hall–Kier alpha value is -2.14. The summed E-state index contributed by atoms with van der Waals surface area (Å²) < 4.78 is 26.2. The molecule has 0 spiro atoms. The highest BCUT2D eigenvalue weighted by atomic mass is 32.2. The maximum absolute atomic E-state index is 12.5. The van der Waals surface area contributed by atoms with Gasteiger partial charge in [-0.15, -0.1) is 0 Å². The number of carboxylic acids is 1. The first-order valence-electron chi connectivity index (χ1n) is 6.22. The van der Waals surface area contributed by atoms with Gasteiger partial charge in [-0.25, -0.2) is 18.0 Å². The van der Waals surface area contributed by atoms with Crippen LogP contribution in [0.3, 0.4) is 0 Å². The lowest BCUT2D eigenvalue weighted by molar-refractivity contribution is 0.0692. The van der Waals surface area contributed by atoms with E-state index >= 15 is 0 Å². The molecule has 2 aliphatic rings. The molecule has 3 N–H and O–H groups in total. The van der Waals surface area contributed by atoms with E-state index in [1.807, 2.05) is 0 Å². The van der Waals surface area contributed by atoms with Crippen LogP contribution in [0.15, 0.2) is 11.2 Å². The fraction of sp³-hybridized carbons (Fsp3) is 0.500. The van der Waals surface area contributed by atoms with E-state index in [0.29, 0.717) is 6.54 Å². The zero-order chi connectivity index (χ0) is 15.2. The van der Waals surface area contributed by atoms with Crippen LogP contribution in [0.5, 0.6) is 0 Å². The lowest BCUT2D eigenvalue weighted by Gasteiger charge is -2.35. The van der Waals surface area contributed by atoms with Crippen molar-refractivity contribution in [3.05, 3.63) is 11.8 Å². The monoisotopic (exact) mass is 315 g/mol. The minimum absolute atomic E-state index is 0.115. The average molecular weight is 315 g/mol. The van der Waals surface area contributed by atoms with Crippen molar-refractivity contribution >= 4 is 22.0 Å². The molecule has 2 amide bonds. The number of nitrogens with zero attached hydrogens (tertiary/aromatic N) is 3. The molecule has 1 unspecified atom stereocenters. The number of carboxylic acid groups (broad SMARTS) is 1. The lowest BCUT2D eigenvalue weighted by atomic mass is 10.2. The Kier molecular flexibility index (Phi) is 3.10. The first kappa shape index (κ1) is 13.8. The van der Waals surface area contributed by atoms with Gasteiger partial charge in [0.15, 0.2) is 5.03 Å². The van der Waals surface area contributed by atoms with Gasteiger partial charge in [0.05, 0.1) is 12.2 Å². The fourth-order valence-electron chi connectivity index (χ4n) is 2.55. The lowest BCUT2D eigenvalue weighted by Crippen LogP contribution is -2.53. The number of H-pyrrole nitrogens is 1. The topological polar surface area (TPSA) is 136 Å². The molecular weight excluding hydrogens is 302 g/mol. The van der Waals surface area contributed by atoms with Crippen molar-refractivity contribution in [3.8, 4) is 0 Å². The molecule has 114 valence electrons. The number of hydrogen-bond acceptors (Lipinski definition) is 5. The number of piperazine rings is 1. The van der Waals surface area contributed by atoms with Crippen molar-refractivity contribution in [3.63, 3.8) is 0 Å². The second-order valence-electron chi connectivity index (χ2n) is 4.81. The summed E-state index contributed by atoms with van der Waals surface area (Å²) in [6.45, 7) is 0.884. The number of aromatic nitrogens is 2. The van der Waals surface area contributed by atoms with Gasteiger partial charge in [0.25, 0.3) is 10.0 Å². The maximum Gasteiger partial charge on any atom is 0.340 e. The van der Waals surface area contributed by atoms with E-state index in [2.05, 4.69) is 15.5 Å². The molecule has 1 atom stereocenters. The molecule has 0 aromatic carbocycles. The van der Waals surface area contributed by atoms with Gasteiger partial charge in [-0.05, 0) is 0 Å². The molecule has 0 radical (unpaired) electrons. The summed E-state index contributed by atoms with van der Waals surface area (Å²) in [5.41, 5.74) is -0.391. The van der Waals surface area contributed by atoms with Gasteiger partial charge in [-0.2, -0.15) is 9.40 Å². The molecule has 2 aliphatic heterocycles. The number of nitrogens with one attached hydrogen (secondary N) is 2. The molecular formula is C10H13N5O5S. The van der Waals surface area contributed by atoms with Gasteiger partial charge < -0.3 is 15.3 Å². The van der Waals surface area contributed by atoms with E-state index in [4.69, 9.17) is 5.11 Å². The number of aromatic amines is 1. The van der Waals surface area contributed by atoms with Crippen molar-refractivity contribution in [1.29, 1.82) is 0 Å². The van der Waals surface area contributed by atoms with Crippen molar-refractivity contribution < 1.29 is 23.1 Å². The van der Waals surface area contributed by atoms with Crippen LogP contribution in [0, 0.1) is 0 Å². The molecule has 2 fully saturated rings. The van der Waals surface area contributed by atoms with Crippen LogP contribution >= 0.6 is 0 Å². The van der Waals surface area contributed by atoms with Crippen LogP contribution in [-0.2, 0) is 10.0 Å². The Morgan fingerprint density at radius 1 is 1.43 bits per heavy atom. The van der Waals surface area contributed by atoms with Gasteiger partial charge in [0.2, 0.25) is 0 Å². The second kappa shape index (κ2) is 4.70. The Morgan fingerprint density at radius 2 is 2.19 bits per heavy atom. The van der Waals surface area contributed by atoms with Gasteiger partial charge >= 0.3 is 12.0 Å². The molecule has 1 aromatic heterocycles. The third-order valence-corrected chi connectivity index (χ3v) is 5.47. The molecule has 11 heteroatoms. The second-order valence-corrected chi connectivity index (χ2v) is 6.69. The Morgan fingerprint density at radius 3 is 2.90 bits per heavy atom. The Labute approximate surface area is 119 Å². The predicted molar refractivity (Wildman–Crippen MR) is 68.2 cm³/mol. The summed E-state index contributed by atoms with van der Waals surface area (Å²) in [6.07, 6.45) is 0.964. The number of urea groups is 1. The van der Waals surface area contributed by atoms with Gasteiger partial charge in [0, 0.05) is 26.2 Å². The quantitative estimate of drug-likeness (QED) is 0.621. The van der Waals surface area contributed by atoms with Gasteiger partial charge in [-0.3, -0.25) is 5.10 Å². The number of rotatable bonds is 3. The average Bonchev–Trinajstić information content (AvgIpc) is 3.06. The zero-order valence-corrected chi connectivity index (χ0v) is 11.6. The number of hydrogen-bond donors (Lipinski definition) is 3.